The van der Waals surface area contributed by atoms with Crippen LogP contribution in [0.4, 0.5) is 17.3 Å². The molecule has 0 fully saturated rings. The van der Waals surface area contributed by atoms with Crippen LogP contribution < -0.4 is 16.0 Å². The normalized spacial score (nSPS) is 10.0. The third-order valence-electron chi connectivity index (χ3n) is 2.86. The number of aromatic nitrogens is 2. The van der Waals surface area contributed by atoms with Gasteiger partial charge in [-0.3, -0.25) is 9.59 Å². The second-order valence-corrected chi connectivity index (χ2v) is 4.91. The standard InChI is InChI=1S/C16H19N5O2/c1-3-8-17-15(23)14-7-9-18-16(21-14)20-13-6-4-5-12(10-13)19-11(2)22/h4-7,9-10H,3,8H2,1-2H3,(H,17,23)(H,19,22)(H,18,20,21). The van der Waals surface area contributed by atoms with Gasteiger partial charge in [0.1, 0.15) is 5.69 Å². The van der Waals surface area contributed by atoms with Gasteiger partial charge in [0, 0.05) is 31.0 Å². The van der Waals surface area contributed by atoms with Crippen LogP contribution in [-0.4, -0.2) is 28.3 Å². The maximum Gasteiger partial charge on any atom is 0.270 e. The summed E-state index contributed by atoms with van der Waals surface area (Å²) in [5.74, 6) is -0.0635. The third-order valence-corrected chi connectivity index (χ3v) is 2.86. The van der Waals surface area contributed by atoms with Crippen LogP contribution in [0.2, 0.25) is 0 Å². The molecule has 7 heteroatoms. The Morgan fingerprint density at radius 2 is 1.96 bits per heavy atom. The van der Waals surface area contributed by atoms with Crippen LogP contribution >= 0.6 is 0 Å². The van der Waals surface area contributed by atoms with Gasteiger partial charge in [-0.2, -0.15) is 0 Å². The number of carbonyl (C=O) groups excluding carboxylic acids is 2. The molecular formula is C16H19N5O2. The lowest BCUT2D eigenvalue weighted by atomic mass is 10.2. The van der Waals surface area contributed by atoms with Crippen molar-refractivity contribution in [2.45, 2.75) is 20.3 Å². The summed E-state index contributed by atoms with van der Waals surface area (Å²) >= 11 is 0. The molecule has 0 atom stereocenters. The van der Waals surface area contributed by atoms with Crippen molar-refractivity contribution in [3.63, 3.8) is 0 Å². The largest absolute Gasteiger partial charge is 0.351 e. The van der Waals surface area contributed by atoms with Crippen LogP contribution in [0.5, 0.6) is 0 Å². The highest BCUT2D eigenvalue weighted by atomic mass is 16.2. The number of rotatable bonds is 6. The summed E-state index contributed by atoms with van der Waals surface area (Å²) in [4.78, 5) is 31.3. The number of hydrogen-bond donors (Lipinski definition) is 3. The maximum absolute atomic E-state index is 11.9. The van der Waals surface area contributed by atoms with Gasteiger partial charge in [0.15, 0.2) is 0 Å². The lowest BCUT2D eigenvalue weighted by Crippen LogP contribution is -2.25. The van der Waals surface area contributed by atoms with Gasteiger partial charge >= 0.3 is 0 Å². The molecule has 0 saturated heterocycles. The van der Waals surface area contributed by atoms with Crippen molar-refractivity contribution in [3.05, 3.63) is 42.2 Å². The molecule has 0 aliphatic carbocycles. The van der Waals surface area contributed by atoms with Gasteiger partial charge in [-0.05, 0) is 30.7 Å². The fourth-order valence-corrected chi connectivity index (χ4v) is 1.88. The average molecular weight is 313 g/mol. The monoisotopic (exact) mass is 313 g/mol. The molecule has 1 aromatic heterocycles. The van der Waals surface area contributed by atoms with Crippen LogP contribution in [0, 0.1) is 0 Å². The SMILES string of the molecule is CCCNC(=O)c1ccnc(Nc2cccc(NC(C)=O)c2)n1. The molecule has 7 nitrogen and oxygen atoms in total. The van der Waals surface area contributed by atoms with Gasteiger partial charge in [-0.25, -0.2) is 9.97 Å². The Kier molecular flexibility index (Phi) is 5.62. The van der Waals surface area contributed by atoms with Crippen molar-refractivity contribution in [2.24, 2.45) is 0 Å². The first kappa shape index (κ1) is 16.4. The van der Waals surface area contributed by atoms with E-state index in [0.29, 0.717) is 29.6 Å². The fourth-order valence-electron chi connectivity index (χ4n) is 1.88. The summed E-state index contributed by atoms with van der Waals surface area (Å²) in [6, 6.07) is 8.71. The van der Waals surface area contributed by atoms with E-state index in [9.17, 15) is 9.59 Å². The second-order valence-electron chi connectivity index (χ2n) is 4.91. The third kappa shape index (κ3) is 5.06. The molecule has 2 aromatic rings. The zero-order chi connectivity index (χ0) is 16.7. The number of benzene rings is 1. The minimum absolute atomic E-state index is 0.145. The van der Waals surface area contributed by atoms with Crippen molar-refractivity contribution in [1.29, 1.82) is 0 Å². The first-order chi connectivity index (χ1) is 11.1. The van der Waals surface area contributed by atoms with Gasteiger partial charge in [-0.1, -0.05) is 13.0 Å². The van der Waals surface area contributed by atoms with E-state index in [1.165, 1.54) is 13.1 Å². The summed E-state index contributed by atoms with van der Waals surface area (Å²) in [5.41, 5.74) is 1.68. The van der Waals surface area contributed by atoms with Crippen LogP contribution in [0.3, 0.4) is 0 Å². The Labute approximate surface area is 134 Å². The molecule has 2 rings (SSSR count). The van der Waals surface area contributed by atoms with Gasteiger partial charge < -0.3 is 16.0 Å². The highest BCUT2D eigenvalue weighted by molar-refractivity contribution is 5.92. The number of hydrogen-bond acceptors (Lipinski definition) is 5. The minimum Gasteiger partial charge on any atom is -0.351 e. The van der Waals surface area contributed by atoms with E-state index < -0.39 is 0 Å². The molecule has 0 spiro atoms. The van der Waals surface area contributed by atoms with E-state index in [0.717, 1.165) is 6.42 Å². The number of amides is 2. The van der Waals surface area contributed by atoms with Crippen molar-refractivity contribution < 1.29 is 9.59 Å². The van der Waals surface area contributed by atoms with E-state index in [1.807, 2.05) is 13.0 Å². The topological polar surface area (TPSA) is 96.0 Å². The molecule has 3 N–H and O–H groups in total. The molecular weight excluding hydrogens is 294 g/mol. The zero-order valence-electron chi connectivity index (χ0n) is 13.1. The summed E-state index contributed by atoms with van der Waals surface area (Å²) in [6.07, 6.45) is 2.38. The summed E-state index contributed by atoms with van der Waals surface area (Å²) in [6.45, 7) is 4.03. The zero-order valence-corrected chi connectivity index (χ0v) is 13.1. The first-order valence-electron chi connectivity index (χ1n) is 7.34. The van der Waals surface area contributed by atoms with Crippen LogP contribution in [0.1, 0.15) is 30.8 Å². The quantitative estimate of drug-likeness (QED) is 0.760. The number of anilines is 3. The van der Waals surface area contributed by atoms with E-state index in [-0.39, 0.29) is 11.8 Å². The predicted molar refractivity (Wildman–Crippen MR) is 88.7 cm³/mol. The molecule has 0 unspecified atom stereocenters. The highest BCUT2D eigenvalue weighted by Crippen LogP contribution is 2.18. The van der Waals surface area contributed by atoms with Crippen molar-refractivity contribution in [1.82, 2.24) is 15.3 Å². The van der Waals surface area contributed by atoms with Crippen molar-refractivity contribution in [3.8, 4) is 0 Å². The second kappa shape index (κ2) is 7.88. The Morgan fingerprint density at radius 1 is 1.17 bits per heavy atom. The van der Waals surface area contributed by atoms with Gasteiger partial charge in [0.25, 0.3) is 5.91 Å². The molecule has 0 radical (unpaired) electrons. The summed E-state index contributed by atoms with van der Waals surface area (Å²) in [7, 11) is 0. The average Bonchev–Trinajstić information content (AvgIpc) is 2.52. The van der Waals surface area contributed by atoms with E-state index in [1.54, 1.807) is 24.3 Å². The van der Waals surface area contributed by atoms with Crippen molar-refractivity contribution >= 4 is 29.1 Å². The summed E-state index contributed by atoms with van der Waals surface area (Å²) < 4.78 is 0. The Hall–Kier alpha value is -2.96. The van der Waals surface area contributed by atoms with Crippen LogP contribution in [-0.2, 0) is 4.79 Å². The summed E-state index contributed by atoms with van der Waals surface area (Å²) in [5, 5.41) is 8.48. The smallest absolute Gasteiger partial charge is 0.270 e. The number of nitrogens with zero attached hydrogens (tertiary/aromatic N) is 2. The molecule has 0 aliphatic heterocycles. The first-order valence-corrected chi connectivity index (χ1v) is 7.34. The molecule has 1 aromatic carbocycles. The minimum atomic E-state index is -0.232. The molecule has 0 aliphatic rings. The molecule has 2 amide bonds. The Morgan fingerprint density at radius 3 is 2.70 bits per heavy atom. The van der Waals surface area contributed by atoms with E-state index in [2.05, 4.69) is 25.9 Å². The lowest BCUT2D eigenvalue weighted by molar-refractivity contribution is -0.114. The Bertz CT molecular complexity index is 702. The lowest BCUT2D eigenvalue weighted by Gasteiger charge is -2.08. The van der Waals surface area contributed by atoms with Crippen LogP contribution in [0.15, 0.2) is 36.5 Å². The number of carbonyl (C=O) groups is 2. The predicted octanol–water partition coefficient (Wildman–Crippen LogP) is 2.32. The van der Waals surface area contributed by atoms with Gasteiger partial charge in [-0.15, -0.1) is 0 Å². The maximum atomic E-state index is 11.9. The van der Waals surface area contributed by atoms with Crippen molar-refractivity contribution in [2.75, 3.05) is 17.2 Å². The Balaban J connectivity index is 2.11. The van der Waals surface area contributed by atoms with Crippen LogP contribution in [0.25, 0.3) is 0 Å². The molecule has 0 saturated carbocycles. The highest BCUT2D eigenvalue weighted by Gasteiger charge is 2.08. The number of nitrogens with one attached hydrogen (secondary N) is 3. The van der Waals surface area contributed by atoms with Gasteiger partial charge in [0.2, 0.25) is 11.9 Å². The fraction of sp³-hybridized carbons (Fsp3) is 0.250. The molecule has 0 bridgehead atoms. The molecule has 23 heavy (non-hydrogen) atoms. The van der Waals surface area contributed by atoms with Gasteiger partial charge in [0.05, 0.1) is 0 Å². The van der Waals surface area contributed by atoms with E-state index in [4.69, 9.17) is 0 Å². The van der Waals surface area contributed by atoms with E-state index >= 15 is 0 Å². The molecule has 120 valence electrons. The molecule has 1 heterocycles.